The van der Waals surface area contributed by atoms with Crippen LogP contribution >= 0.6 is 27.5 Å². The number of halogens is 2. The third-order valence-corrected chi connectivity index (χ3v) is 2.85. The first-order valence-corrected chi connectivity index (χ1v) is 4.82. The van der Waals surface area contributed by atoms with Crippen molar-refractivity contribution in [3.63, 3.8) is 0 Å². The molecule has 0 aliphatic heterocycles. The molecule has 0 heterocycles. The quantitative estimate of drug-likeness (QED) is 0.888. The maximum Gasteiger partial charge on any atom is 0.0920 e. The van der Waals surface area contributed by atoms with Crippen molar-refractivity contribution >= 4 is 27.5 Å². The first-order valence-electron chi connectivity index (χ1n) is 3.65. The van der Waals surface area contributed by atoms with E-state index in [1.165, 1.54) is 0 Å². The Labute approximate surface area is 89.9 Å². The summed E-state index contributed by atoms with van der Waals surface area (Å²) in [6.45, 7) is 0. The number of hydrogen-bond donors (Lipinski definition) is 1. The van der Waals surface area contributed by atoms with Gasteiger partial charge in [-0.1, -0.05) is 17.7 Å². The lowest BCUT2D eigenvalue weighted by Gasteiger charge is -2.07. The molecule has 4 heteroatoms. The smallest absolute Gasteiger partial charge is 0.0920 e. The molecular weight excluding hydrogens is 253 g/mol. The summed E-state index contributed by atoms with van der Waals surface area (Å²) in [5, 5.41) is 18.3. The maximum absolute atomic E-state index is 9.44. The molecule has 0 bridgehead atoms. The van der Waals surface area contributed by atoms with Gasteiger partial charge in [0, 0.05) is 4.47 Å². The Hall–Kier alpha value is -0.560. The molecule has 2 nitrogen and oxygen atoms in total. The zero-order chi connectivity index (χ0) is 9.84. The van der Waals surface area contributed by atoms with Gasteiger partial charge < -0.3 is 5.11 Å². The van der Waals surface area contributed by atoms with Crippen LogP contribution in [0, 0.1) is 11.3 Å². The van der Waals surface area contributed by atoms with E-state index in [2.05, 4.69) is 15.9 Å². The van der Waals surface area contributed by atoms with Crippen molar-refractivity contribution in [3.8, 4) is 6.07 Å². The number of nitrogens with zero attached hydrogens (tertiary/aromatic N) is 1. The third kappa shape index (κ3) is 2.70. The minimum Gasteiger partial charge on any atom is -0.387 e. The average Bonchev–Trinajstić information content (AvgIpc) is 2.10. The number of aliphatic hydroxyl groups excluding tert-OH is 1. The van der Waals surface area contributed by atoms with Gasteiger partial charge in [0.15, 0.2) is 0 Å². The number of rotatable bonds is 2. The van der Waals surface area contributed by atoms with Gasteiger partial charge in [-0.3, -0.25) is 0 Å². The van der Waals surface area contributed by atoms with E-state index in [1.807, 2.05) is 6.07 Å². The SMILES string of the molecule is N#CCC(O)c1ccc(Br)c(Cl)c1. The van der Waals surface area contributed by atoms with Crippen molar-refractivity contribution in [2.75, 3.05) is 0 Å². The van der Waals surface area contributed by atoms with Gasteiger partial charge in [0.25, 0.3) is 0 Å². The monoisotopic (exact) mass is 259 g/mol. The van der Waals surface area contributed by atoms with Crippen LogP contribution in [0.4, 0.5) is 0 Å². The first-order chi connectivity index (χ1) is 6.15. The molecule has 0 saturated carbocycles. The summed E-state index contributed by atoms with van der Waals surface area (Å²) in [5.74, 6) is 0. The molecule has 0 aromatic heterocycles. The Balaban J connectivity index is 2.91. The van der Waals surface area contributed by atoms with Crippen LogP contribution in [0.2, 0.25) is 5.02 Å². The Morgan fingerprint density at radius 3 is 2.85 bits per heavy atom. The van der Waals surface area contributed by atoms with Crippen LogP contribution in [0.15, 0.2) is 22.7 Å². The number of benzene rings is 1. The summed E-state index contributed by atoms with van der Waals surface area (Å²) >= 11 is 9.06. The molecule has 13 heavy (non-hydrogen) atoms. The highest BCUT2D eigenvalue weighted by molar-refractivity contribution is 9.10. The molecule has 0 spiro atoms. The van der Waals surface area contributed by atoms with Gasteiger partial charge >= 0.3 is 0 Å². The van der Waals surface area contributed by atoms with E-state index in [0.717, 1.165) is 4.47 Å². The minimum atomic E-state index is -0.754. The van der Waals surface area contributed by atoms with E-state index in [-0.39, 0.29) is 6.42 Å². The van der Waals surface area contributed by atoms with Crippen molar-refractivity contribution in [2.24, 2.45) is 0 Å². The molecule has 0 fully saturated rings. The van der Waals surface area contributed by atoms with E-state index in [9.17, 15) is 5.11 Å². The van der Waals surface area contributed by atoms with Crippen LogP contribution in [0.5, 0.6) is 0 Å². The molecule has 1 aromatic carbocycles. The number of aliphatic hydroxyl groups is 1. The molecule has 0 aliphatic rings. The summed E-state index contributed by atoms with van der Waals surface area (Å²) in [7, 11) is 0. The van der Waals surface area contributed by atoms with Gasteiger partial charge in [0.1, 0.15) is 0 Å². The predicted octanol–water partition coefficient (Wildman–Crippen LogP) is 3.05. The molecule has 1 N–H and O–H groups in total. The number of hydrogen-bond acceptors (Lipinski definition) is 2. The lowest BCUT2D eigenvalue weighted by atomic mass is 10.1. The standard InChI is InChI=1S/C9H7BrClNO/c10-7-2-1-6(5-8(7)11)9(13)3-4-12/h1-2,5,9,13H,3H2. The Kier molecular flexibility index (Phi) is 3.73. The molecule has 1 aromatic rings. The second kappa shape index (κ2) is 4.61. The molecule has 68 valence electrons. The third-order valence-electron chi connectivity index (χ3n) is 1.61. The zero-order valence-electron chi connectivity index (χ0n) is 6.67. The highest BCUT2D eigenvalue weighted by Gasteiger charge is 2.08. The van der Waals surface area contributed by atoms with Crippen LogP contribution in [-0.2, 0) is 0 Å². The molecule has 0 amide bonds. The van der Waals surface area contributed by atoms with Gasteiger partial charge in [-0.15, -0.1) is 0 Å². The summed E-state index contributed by atoms with van der Waals surface area (Å²) in [4.78, 5) is 0. The van der Waals surface area contributed by atoms with Crippen LogP contribution in [0.3, 0.4) is 0 Å². The van der Waals surface area contributed by atoms with Crippen molar-refractivity contribution in [3.05, 3.63) is 33.3 Å². The lowest BCUT2D eigenvalue weighted by molar-refractivity contribution is 0.183. The topological polar surface area (TPSA) is 44.0 Å². The van der Waals surface area contributed by atoms with E-state index in [0.29, 0.717) is 10.6 Å². The Morgan fingerprint density at radius 2 is 2.31 bits per heavy atom. The van der Waals surface area contributed by atoms with Gasteiger partial charge in [-0.25, -0.2) is 0 Å². The van der Waals surface area contributed by atoms with Crippen molar-refractivity contribution in [1.29, 1.82) is 5.26 Å². The molecule has 0 saturated heterocycles. The fourth-order valence-corrected chi connectivity index (χ4v) is 1.36. The highest BCUT2D eigenvalue weighted by atomic mass is 79.9. The van der Waals surface area contributed by atoms with Crippen LogP contribution in [0.1, 0.15) is 18.1 Å². The molecule has 0 radical (unpaired) electrons. The first kappa shape index (κ1) is 10.5. The molecular formula is C9H7BrClNO. The van der Waals surface area contributed by atoms with Gasteiger partial charge in [-0.2, -0.15) is 5.26 Å². The van der Waals surface area contributed by atoms with E-state index in [1.54, 1.807) is 18.2 Å². The van der Waals surface area contributed by atoms with E-state index in [4.69, 9.17) is 16.9 Å². The Bertz CT molecular complexity index is 348. The average molecular weight is 261 g/mol. The van der Waals surface area contributed by atoms with Crippen LogP contribution in [-0.4, -0.2) is 5.11 Å². The van der Waals surface area contributed by atoms with Gasteiger partial charge in [0.05, 0.1) is 23.6 Å². The normalized spacial score (nSPS) is 12.2. The summed E-state index contributed by atoms with van der Waals surface area (Å²) in [6, 6.07) is 7.02. The van der Waals surface area contributed by atoms with Crippen LogP contribution in [0.25, 0.3) is 0 Å². The van der Waals surface area contributed by atoms with E-state index < -0.39 is 6.10 Å². The van der Waals surface area contributed by atoms with Crippen LogP contribution < -0.4 is 0 Å². The molecule has 1 rings (SSSR count). The highest BCUT2D eigenvalue weighted by Crippen LogP contribution is 2.26. The van der Waals surface area contributed by atoms with Gasteiger partial charge in [0.2, 0.25) is 0 Å². The summed E-state index contributed by atoms with van der Waals surface area (Å²) in [5.41, 5.74) is 0.662. The maximum atomic E-state index is 9.44. The second-order valence-corrected chi connectivity index (χ2v) is 3.81. The number of nitriles is 1. The van der Waals surface area contributed by atoms with Gasteiger partial charge in [-0.05, 0) is 33.6 Å². The summed E-state index contributed by atoms with van der Waals surface area (Å²) < 4.78 is 0.780. The van der Waals surface area contributed by atoms with E-state index >= 15 is 0 Å². The molecule has 0 aliphatic carbocycles. The minimum absolute atomic E-state index is 0.0813. The Morgan fingerprint density at radius 1 is 1.62 bits per heavy atom. The molecule has 1 unspecified atom stereocenters. The fourth-order valence-electron chi connectivity index (χ4n) is 0.924. The zero-order valence-corrected chi connectivity index (χ0v) is 9.01. The summed E-state index contributed by atoms with van der Waals surface area (Å²) in [6.07, 6.45) is -0.673. The lowest BCUT2D eigenvalue weighted by Crippen LogP contribution is -1.95. The predicted molar refractivity (Wildman–Crippen MR) is 54.3 cm³/mol. The molecule has 1 atom stereocenters. The largest absolute Gasteiger partial charge is 0.387 e. The fraction of sp³-hybridized carbons (Fsp3) is 0.222. The second-order valence-electron chi connectivity index (χ2n) is 2.55. The van der Waals surface area contributed by atoms with Crippen molar-refractivity contribution in [1.82, 2.24) is 0 Å². The van der Waals surface area contributed by atoms with Crippen molar-refractivity contribution < 1.29 is 5.11 Å². The van der Waals surface area contributed by atoms with Crippen molar-refractivity contribution in [2.45, 2.75) is 12.5 Å².